The average Bonchev–Trinajstić information content (AvgIpc) is 2.38. The minimum absolute atomic E-state index is 0.0608. The lowest BCUT2D eigenvalue weighted by Crippen LogP contribution is -2.47. The van der Waals surface area contributed by atoms with Crippen LogP contribution in [-0.2, 0) is 4.79 Å². The Morgan fingerprint density at radius 2 is 1.70 bits per heavy atom. The molecule has 2 saturated carbocycles. The molecule has 0 heterocycles. The molecule has 2 nitrogen and oxygen atoms in total. The van der Waals surface area contributed by atoms with Crippen molar-refractivity contribution in [1.82, 2.24) is 0 Å². The Kier molecular flexibility index (Phi) is 4.51. The van der Waals surface area contributed by atoms with Crippen molar-refractivity contribution >= 4 is 5.91 Å². The molecule has 1 amide bonds. The zero-order chi connectivity index (χ0) is 15.0. The van der Waals surface area contributed by atoms with Gasteiger partial charge in [-0.05, 0) is 54.8 Å². The Morgan fingerprint density at radius 3 is 2.25 bits per heavy atom. The molecule has 20 heavy (non-hydrogen) atoms. The first kappa shape index (κ1) is 15.9. The van der Waals surface area contributed by atoms with E-state index in [1.54, 1.807) is 0 Å². The maximum atomic E-state index is 11.9. The van der Waals surface area contributed by atoms with Crippen molar-refractivity contribution in [3.8, 4) is 0 Å². The molecule has 0 bridgehead atoms. The fourth-order valence-corrected chi connectivity index (χ4v) is 4.86. The second kappa shape index (κ2) is 5.69. The van der Waals surface area contributed by atoms with Crippen LogP contribution in [0.25, 0.3) is 0 Å². The molecule has 0 spiro atoms. The molecule has 2 heteroatoms. The average molecular weight is 279 g/mol. The molecule has 116 valence electrons. The van der Waals surface area contributed by atoms with E-state index in [0.29, 0.717) is 11.3 Å². The van der Waals surface area contributed by atoms with Crippen molar-refractivity contribution in [2.75, 3.05) is 0 Å². The van der Waals surface area contributed by atoms with Crippen LogP contribution in [0.2, 0.25) is 0 Å². The van der Waals surface area contributed by atoms with Crippen LogP contribution < -0.4 is 5.73 Å². The number of hydrogen-bond donors (Lipinski definition) is 1. The molecule has 0 saturated heterocycles. The number of amides is 1. The Bertz CT molecular complexity index is 352. The summed E-state index contributed by atoms with van der Waals surface area (Å²) in [5.74, 6) is 1.28. The molecule has 0 aromatic carbocycles. The van der Waals surface area contributed by atoms with E-state index in [0.717, 1.165) is 25.2 Å². The highest BCUT2D eigenvalue weighted by Gasteiger charge is 2.47. The Morgan fingerprint density at radius 1 is 1.10 bits per heavy atom. The number of primary amides is 1. The molecule has 2 aliphatic carbocycles. The maximum Gasteiger partial charge on any atom is 0.220 e. The van der Waals surface area contributed by atoms with Gasteiger partial charge in [0.05, 0.1) is 0 Å². The zero-order valence-electron chi connectivity index (χ0n) is 13.9. The molecule has 2 rings (SSSR count). The Hall–Kier alpha value is -0.530. The molecule has 2 unspecified atom stereocenters. The smallest absolute Gasteiger partial charge is 0.220 e. The van der Waals surface area contributed by atoms with Gasteiger partial charge in [0, 0.05) is 5.92 Å². The van der Waals surface area contributed by atoms with E-state index in [1.165, 1.54) is 32.1 Å². The fraction of sp³-hybridized carbons (Fsp3) is 0.944. The van der Waals surface area contributed by atoms with Crippen LogP contribution in [0.4, 0.5) is 0 Å². The van der Waals surface area contributed by atoms with E-state index in [1.807, 2.05) is 0 Å². The van der Waals surface area contributed by atoms with E-state index in [2.05, 4.69) is 27.7 Å². The summed E-state index contributed by atoms with van der Waals surface area (Å²) >= 11 is 0. The van der Waals surface area contributed by atoms with Crippen LogP contribution in [0.3, 0.4) is 0 Å². The first-order valence-corrected chi connectivity index (χ1v) is 8.53. The lowest BCUT2D eigenvalue weighted by molar-refractivity contribution is -0.130. The van der Waals surface area contributed by atoms with Crippen LogP contribution in [-0.4, -0.2) is 5.91 Å². The molecule has 2 atom stereocenters. The maximum absolute atomic E-state index is 11.9. The lowest BCUT2D eigenvalue weighted by Gasteiger charge is -2.51. The molecule has 2 aliphatic rings. The largest absolute Gasteiger partial charge is 0.369 e. The first-order valence-electron chi connectivity index (χ1n) is 8.53. The number of carbonyl (C=O) groups excluding carboxylic acids is 1. The lowest BCUT2D eigenvalue weighted by atomic mass is 9.54. The minimum atomic E-state index is -0.0608. The summed E-state index contributed by atoms with van der Waals surface area (Å²) < 4.78 is 0. The molecular formula is C18H33NO. The van der Waals surface area contributed by atoms with E-state index in [9.17, 15) is 4.79 Å². The molecule has 0 radical (unpaired) electrons. The van der Waals surface area contributed by atoms with Gasteiger partial charge in [-0.2, -0.15) is 0 Å². The van der Waals surface area contributed by atoms with Crippen LogP contribution in [0.5, 0.6) is 0 Å². The topological polar surface area (TPSA) is 43.1 Å². The van der Waals surface area contributed by atoms with Gasteiger partial charge in [0.2, 0.25) is 5.91 Å². The van der Waals surface area contributed by atoms with Gasteiger partial charge in [-0.3, -0.25) is 4.79 Å². The van der Waals surface area contributed by atoms with Crippen molar-refractivity contribution in [2.45, 2.75) is 79.1 Å². The predicted molar refractivity (Wildman–Crippen MR) is 84.2 cm³/mol. The van der Waals surface area contributed by atoms with E-state index >= 15 is 0 Å². The summed E-state index contributed by atoms with van der Waals surface area (Å²) in [6, 6.07) is 0. The van der Waals surface area contributed by atoms with Gasteiger partial charge in [0.25, 0.3) is 0 Å². The summed E-state index contributed by atoms with van der Waals surface area (Å²) in [4.78, 5) is 11.9. The molecule has 0 aliphatic heterocycles. The van der Waals surface area contributed by atoms with Crippen molar-refractivity contribution in [2.24, 2.45) is 34.3 Å². The van der Waals surface area contributed by atoms with Gasteiger partial charge in [0.1, 0.15) is 0 Å². The highest BCUT2D eigenvalue weighted by atomic mass is 16.1. The number of rotatable bonds is 3. The second-order valence-corrected chi connectivity index (χ2v) is 8.68. The third-order valence-electron chi connectivity index (χ3n) is 6.37. The normalized spacial score (nSPS) is 32.0. The van der Waals surface area contributed by atoms with Crippen LogP contribution >= 0.6 is 0 Å². The third-order valence-corrected chi connectivity index (χ3v) is 6.37. The summed E-state index contributed by atoms with van der Waals surface area (Å²) in [7, 11) is 0. The highest BCUT2D eigenvalue weighted by molar-refractivity contribution is 5.77. The SMILES string of the molecule is CC1(C)CCC(C(N)=O)C(C(C)(C)C2CCCCC2)C1. The highest BCUT2D eigenvalue weighted by Crippen LogP contribution is 2.54. The second-order valence-electron chi connectivity index (χ2n) is 8.68. The van der Waals surface area contributed by atoms with Crippen molar-refractivity contribution in [3.63, 3.8) is 0 Å². The van der Waals surface area contributed by atoms with Gasteiger partial charge >= 0.3 is 0 Å². The summed E-state index contributed by atoms with van der Waals surface area (Å²) in [6.07, 6.45) is 10.1. The molecule has 0 aromatic heterocycles. The van der Waals surface area contributed by atoms with E-state index in [-0.39, 0.29) is 17.2 Å². The monoisotopic (exact) mass is 279 g/mol. The van der Waals surface area contributed by atoms with E-state index < -0.39 is 0 Å². The molecule has 2 N–H and O–H groups in total. The molecule has 0 aromatic rings. The predicted octanol–water partition coefficient (Wildman–Crippen LogP) is 4.52. The number of hydrogen-bond acceptors (Lipinski definition) is 1. The van der Waals surface area contributed by atoms with Crippen LogP contribution in [0.15, 0.2) is 0 Å². The summed E-state index contributed by atoms with van der Waals surface area (Å²) in [5.41, 5.74) is 6.34. The standard InChI is InChI=1S/C18H33NO/c1-17(2)11-10-14(16(19)20)15(12-17)18(3,4)13-8-6-5-7-9-13/h13-15H,5-12H2,1-4H3,(H2,19,20). The van der Waals surface area contributed by atoms with Crippen molar-refractivity contribution in [1.29, 1.82) is 0 Å². The fourth-order valence-electron chi connectivity index (χ4n) is 4.86. The van der Waals surface area contributed by atoms with Crippen molar-refractivity contribution in [3.05, 3.63) is 0 Å². The number of carbonyl (C=O) groups is 1. The van der Waals surface area contributed by atoms with Crippen molar-refractivity contribution < 1.29 is 4.79 Å². The zero-order valence-corrected chi connectivity index (χ0v) is 13.9. The summed E-state index contributed by atoms with van der Waals surface area (Å²) in [6.45, 7) is 9.53. The van der Waals surface area contributed by atoms with Crippen LogP contribution in [0.1, 0.15) is 79.1 Å². The van der Waals surface area contributed by atoms with Gasteiger partial charge in [-0.25, -0.2) is 0 Å². The Labute approximate surface area is 124 Å². The van der Waals surface area contributed by atoms with Gasteiger partial charge in [-0.1, -0.05) is 47.0 Å². The Balaban J connectivity index is 2.21. The molecule has 2 fully saturated rings. The molecular weight excluding hydrogens is 246 g/mol. The van der Waals surface area contributed by atoms with Gasteiger partial charge in [0.15, 0.2) is 0 Å². The third kappa shape index (κ3) is 3.20. The minimum Gasteiger partial charge on any atom is -0.369 e. The van der Waals surface area contributed by atoms with E-state index in [4.69, 9.17) is 5.73 Å². The quantitative estimate of drug-likeness (QED) is 0.811. The first-order chi connectivity index (χ1) is 9.24. The van der Waals surface area contributed by atoms with Crippen LogP contribution in [0, 0.1) is 28.6 Å². The number of nitrogens with two attached hydrogens (primary N) is 1. The van der Waals surface area contributed by atoms with Gasteiger partial charge < -0.3 is 5.73 Å². The summed E-state index contributed by atoms with van der Waals surface area (Å²) in [5, 5.41) is 0. The van der Waals surface area contributed by atoms with Gasteiger partial charge in [-0.15, -0.1) is 0 Å².